The molecule has 0 heterocycles. The Kier molecular flexibility index (Phi) is 5.66. The summed E-state index contributed by atoms with van der Waals surface area (Å²) in [5.41, 5.74) is 3.67. The van der Waals surface area contributed by atoms with E-state index in [0.29, 0.717) is 6.04 Å². The molecule has 0 saturated heterocycles. The maximum atomic E-state index is 6.23. The van der Waals surface area contributed by atoms with E-state index < -0.39 is 0 Å². The van der Waals surface area contributed by atoms with Gasteiger partial charge in [0.2, 0.25) is 0 Å². The Morgan fingerprint density at radius 1 is 1.10 bits per heavy atom. The third-order valence-corrected chi connectivity index (χ3v) is 4.23. The summed E-state index contributed by atoms with van der Waals surface area (Å²) in [6.07, 6.45) is 1.09. The summed E-state index contributed by atoms with van der Waals surface area (Å²) in [5.74, 6) is 0. The van der Waals surface area contributed by atoms with Gasteiger partial charge in [-0.05, 0) is 42.8 Å². The molecule has 3 heteroatoms. The van der Waals surface area contributed by atoms with Crippen LogP contribution in [0.15, 0.2) is 48.5 Å². The molecule has 0 amide bonds. The van der Waals surface area contributed by atoms with Crippen LogP contribution in [0.4, 0.5) is 5.69 Å². The fourth-order valence-corrected chi connectivity index (χ4v) is 2.74. The van der Waals surface area contributed by atoms with Gasteiger partial charge in [-0.15, -0.1) is 0 Å². The third kappa shape index (κ3) is 3.99. The van der Waals surface area contributed by atoms with Crippen molar-refractivity contribution in [1.82, 2.24) is 5.32 Å². The maximum Gasteiger partial charge on any atom is 0.0455 e. The highest BCUT2D eigenvalue weighted by molar-refractivity contribution is 6.31. The first kappa shape index (κ1) is 15.9. The van der Waals surface area contributed by atoms with Crippen LogP contribution in [0.25, 0.3) is 0 Å². The van der Waals surface area contributed by atoms with E-state index >= 15 is 0 Å². The van der Waals surface area contributed by atoms with Crippen molar-refractivity contribution in [2.45, 2.75) is 25.9 Å². The molecule has 0 saturated carbocycles. The maximum absolute atomic E-state index is 6.23. The molecule has 1 unspecified atom stereocenters. The van der Waals surface area contributed by atoms with Gasteiger partial charge < -0.3 is 10.2 Å². The first-order chi connectivity index (χ1) is 10.2. The predicted molar refractivity (Wildman–Crippen MR) is 92.1 cm³/mol. The van der Waals surface area contributed by atoms with Gasteiger partial charge in [-0.3, -0.25) is 0 Å². The van der Waals surface area contributed by atoms with E-state index in [4.69, 9.17) is 11.6 Å². The summed E-state index contributed by atoms with van der Waals surface area (Å²) in [6.45, 7) is 3.00. The highest BCUT2D eigenvalue weighted by Gasteiger charge is 2.08. The lowest BCUT2D eigenvalue weighted by Gasteiger charge is -2.21. The number of benzene rings is 2. The largest absolute Gasteiger partial charge is 0.370 e. The Labute approximate surface area is 132 Å². The molecule has 2 rings (SSSR count). The van der Waals surface area contributed by atoms with Gasteiger partial charge in [-0.2, -0.15) is 0 Å². The molecular weight excluding hydrogens is 280 g/mol. The molecular formula is C18H23ClN2. The number of nitrogens with zero attached hydrogens (tertiary/aromatic N) is 1. The molecule has 0 aliphatic heterocycles. The van der Waals surface area contributed by atoms with Gasteiger partial charge in [-0.1, -0.05) is 48.9 Å². The predicted octanol–water partition coefficient (Wildman–Crippen LogP) is 4.65. The summed E-state index contributed by atoms with van der Waals surface area (Å²) in [6, 6.07) is 17.2. The molecule has 2 nitrogen and oxygen atoms in total. The molecule has 0 fully saturated rings. The van der Waals surface area contributed by atoms with E-state index in [1.54, 1.807) is 0 Å². The fraction of sp³-hybridized carbons (Fsp3) is 0.333. The summed E-state index contributed by atoms with van der Waals surface area (Å²) < 4.78 is 0. The molecule has 0 aliphatic carbocycles. The van der Waals surface area contributed by atoms with Crippen LogP contribution < -0.4 is 10.2 Å². The van der Waals surface area contributed by atoms with Crippen LogP contribution >= 0.6 is 11.6 Å². The standard InChI is InChI=1S/C18H23ClN2/c1-4-18(20-2)14-9-11-16(12-10-14)21(3)13-15-7-5-6-8-17(15)19/h5-12,18,20H,4,13H2,1-3H3. The van der Waals surface area contributed by atoms with Gasteiger partial charge >= 0.3 is 0 Å². The molecule has 2 aromatic rings. The van der Waals surface area contributed by atoms with Crippen molar-refractivity contribution >= 4 is 17.3 Å². The van der Waals surface area contributed by atoms with Crippen molar-refractivity contribution in [3.8, 4) is 0 Å². The number of rotatable bonds is 6. The van der Waals surface area contributed by atoms with Gasteiger partial charge in [0, 0.05) is 30.3 Å². The highest BCUT2D eigenvalue weighted by atomic mass is 35.5. The Hall–Kier alpha value is -1.51. The zero-order valence-corrected chi connectivity index (χ0v) is 13.7. The number of hydrogen-bond acceptors (Lipinski definition) is 2. The molecule has 0 aromatic heterocycles. The minimum Gasteiger partial charge on any atom is -0.370 e. The van der Waals surface area contributed by atoms with Crippen LogP contribution in [0.3, 0.4) is 0 Å². The lowest BCUT2D eigenvalue weighted by molar-refractivity contribution is 0.577. The fourth-order valence-electron chi connectivity index (χ4n) is 2.54. The summed E-state index contributed by atoms with van der Waals surface area (Å²) in [7, 11) is 4.10. The highest BCUT2D eigenvalue weighted by Crippen LogP contribution is 2.23. The van der Waals surface area contributed by atoms with Crippen molar-refractivity contribution in [2.24, 2.45) is 0 Å². The van der Waals surface area contributed by atoms with E-state index in [0.717, 1.165) is 23.6 Å². The van der Waals surface area contributed by atoms with Crippen LogP contribution in [-0.4, -0.2) is 14.1 Å². The Bertz CT molecular complexity index is 562. The molecule has 0 bridgehead atoms. The number of hydrogen-bond donors (Lipinski definition) is 1. The van der Waals surface area contributed by atoms with E-state index in [-0.39, 0.29) is 0 Å². The van der Waals surface area contributed by atoms with E-state index in [2.05, 4.69) is 54.5 Å². The second kappa shape index (κ2) is 7.48. The van der Waals surface area contributed by atoms with Crippen molar-refractivity contribution in [1.29, 1.82) is 0 Å². The molecule has 112 valence electrons. The van der Waals surface area contributed by atoms with Crippen LogP contribution in [0.1, 0.15) is 30.5 Å². The number of halogens is 1. The van der Waals surface area contributed by atoms with Crippen molar-refractivity contribution < 1.29 is 0 Å². The van der Waals surface area contributed by atoms with Gasteiger partial charge in [0.15, 0.2) is 0 Å². The topological polar surface area (TPSA) is 15.3 Å². The monoisotopic (exact) mass is 302 g/mol. The quantitative estimate of drug-likeness (QED) is 0.836. The van der Waals surface area contributed by atoms with Gasteiger partial charge in [0.25, 0.3) is 0 Å². The lowest BCUT2D eigenvalue weighted by Crippen LogP contribution is -2.18. The summed E-state index contributed by atoms with van der Waals surface area (Å²) in [4.78, 5) is 2.21. The third-order valence-electron chi connectivity index (χ3n) is 3.86. The molecule has 21 heavy (non-hydrogen) atoms. The van der Waals surface area contributed by atoms with E-state index in [1.807, 2.05) is 25.2 Å². The first-order valence-corrected chi connectivity index (χ1v) is 7.75. The Morgan fingerprint density at radius 3 is 2.33 bits per heavy atom. The molecule has 0 aliphatic rings. The SMILES string of the molecule is CCC(NC)c1ccc(N(C)Cc2ccccc2Cl)cc1. The molecule has 2 aromatic carbocycles. The van der Waals surface area contributed by atoms with Crippen LogP contribution in [0.2, 0.25) is 5.02 Å². The smallest absolute Gasteiger partial charge is 0.0455 e. The van der Waals surface area contributed by atoms with Crippen molar-refractivity contribution in [2.75, 3.05) is 19.0 Å². The van der Waals surface area contributed by atoms with Crippen LogP contribution in [-0.2, 0) is 6.54 Å². The number of anilines is 1. The summed E-state index contributed by atoms with van der Waals surface area (Å²) in [5, 5.41) is 4.15. The second-order valence-electron chi connectivity index (χ2n) is 5.29. The average molecular weight is 303 g/mol. The Balaban J connectivity index is 2.10. The molecule has 1 N–H and O–H groups in total. The van der Waals surface area contributed by atoms with Gasteiger partial charge in [0.05, 0.1) is 0 Å². The molecule has 0 radical (unpaired) electrons. The normalized spacial score (nSPS) is 12.2. The lowest BCUT2D eigenvalue weighted by atomic mass is 10.0. The zero-order valence-electron chi connectivity index (χ0n) is 12.9. The second-order valence-corrected chi connectivity index (χ2v) is 5.70. The molecule has 1 atom stereocenters. The minimum atomic E-state index is 0.424. The van der Waals surface area contributed by atoms with Crippen LogP contribution in [0, 0.1) is 0 Å². The Morgan fingerprint density at radius 2 is 1.76 bits per heavy atom. The molecule has 0 spiro atoms. The van der Waals surface area contributed by atoms with Gasteiger partial charge in [0.1, 0.15) is 0 Å². The first-order valence-electron chi connectivity index (χ1n) is 7.37. The van der Waals surface area contributed by atoms with Crippen molar-refractivity contribution in [3.63, 3.8) is 0 Å². The zero-order chi connectivity index (χ0) is 15.2. The minimum absolute atomic E-state index is 0.424. The van der Waals surface area contributed by atoms with E-state index in [1.165, 1.54) is 11.3 Å². The van der Waals surface area contributed by atoms with Crippen molar-refractivity contribution in [3.05, 3.63) is 64.7 Å². The van der Waals surface area contributed by atoms with E-state index in [9.17, 15) is 0 Å². The number of nitrogens with one attached hydrogen (secondary N) is 1. The summed E-state index contributed by atoms with van der Waals surface area (Å²) >= 11 is 6.23. The van der Waals surface area contributed by atoms with Crippen LogP contribution in [0.5, 0.6) is 0 Å². The average Bonchev–Trinajstić information content (AvgIpc) is 2.51. The van der Waals surface area contributed by atoms with Gasteiger partial charge in [-0.25, -0.2) is 0 Å².